The summed E-state index contributed by atoms with van der Waals surface area (Å²) in [4.78, 5) is 11.0. The van der Waals surface area contributed by atoms with Crippen LogP contribution in [0.2, 0.25) is 0 Å². The summed E-state index contributed by atoms with van der Waals surface area (Å²) in [6.07, 6.45) is -3.99. The first-order chi connectivity index (χ1) is 12.5. The van der Waals surface area contributed by atoms with E-state index >= 15 is 0 Å². The number of hydrogen-bond acceptors (Lipinski definition) is 3. The highest BCUT2D eigenvalue weighted by Crippen LogP contribution is 2.29. The average Bonchev–Trinajstić information content (AvgIpc) is 3.24. The average molecular weight is 381 g/mol. The number of H-pyrrole nitrogens is 1. The van der Waals surface area contributed by atoms with Crippen LogP contribution in [0.25, 0.3) is 10.9 Å². The summed E-state index contributed by atoms with van der Waals surface area (Å²) in [5, 5.41) is 8.87. The molecule has 3 aromatic rings. The van der Waals surface area contributed by atoms with Crippen LogP contribution in [-0.4, -0.2) is 29.5 Å². The molecule has 138 valence electrons. The number of alkyl halides is 3. The molecule has 2 aromatic heterocycles. The van der Waals surface area contributed by atoms with Crippen LogP contribution in [-0.2, 0) is 19.1 Å². The topological polar surface area (TPSA) is 65.1 Å². The standard InChI is InChI=1S/C17H18F3N5S/c1-21-16(22-7-6-15-25-14(10-26-15)17(18,19)20)23-9-12-8-11-4-2-3-5-13(11)24-12/h2-5,8,10,24H,6-7,9H2,1H3,(H2,21,22,23). The third-order valence-corrected chi connectivity index (χ3v) is 4.64. The smallest absolute Gasteiger partial charge is 0.357 e. The first-order valence-corrected chi connectivity index (χ1v) is 8.86. The van der Waals surface area contributed by atoms with E-state index in [1.54, 1.807) is 7.05 Å². The van der Waals surface area contributed by atoms with Crippen molar-refractivity contribution in [1.82, 2.24) is 20.6 Å². The molecule has 5 nitrogen and oxygen atoms in total. The molecule has 0 amide bonds. The highest BCUT2D eigenvalue weighted by molar-refractivity contribution is 7.09. The first-order valence-electron chi connectivity index (χ1n) is 7.98. The SMILES string of the molecule is CN=C(NCCc1nc(C(F)(F)F)cs1)NCc1cc2ccccc2[nH]1. The first kappa shape index (κ1) is 18.2. The molecular weight excluding hydrogens is 363 g/mol. The molecule has 0 saturated carbocycles. The molecule has 3 N–H and O–H groups in total. The largest absolute Gasteiger partial charge is 0.434 e. The Bertz CT molecular complexity index is 864. The molecule has 2 heterocycles. The van der Waals surface area contributed by atoms with E-state index in [4.69, 9.17) is 0 Å². The predicted octanol–water partition coefficient (Wildman–Crippen LogP) is 3.55. The minimum atomic E-state index is -4.39. The van der Waals surface area contributed by atoms with Crippen molar-refractivity contribution in [3.63, 3.8) is 0 Å². The molecule has 0 radical (unpaired) electrons. The predicted molar refractivity (Wildman–Crippen MR) is 97.3 cm³/mol. The number of fused-ring (bicyclic) bond motifs is 1. The van der Waals surface area contributed by atoms with Gasteiger partial charge in [0, 0.05) is 36.6 Å². The lowest BCUT2D eigenvalue weighted by Gasteiger charge is -2.10. The van der Waals surface area contributed by atoms with Crippen LogP contribution >= 0.6 is 11.3 Å². The highest BCUT2D eigenvalue weighted by Gasteiger charge is 2.33. The van der Waals surface area contributed by atoms with Gasteiger partial charge in [0.1, 0.15) is 0 Å². The van der Waals surface area contributed by atoms with Crippen molar-refractivity contribution < 1.29 is 13.2 Å². The molecule has 9 heteroatoms. The van der Waals surface area contributed by atoms with E-state index in [0.29, 0.717) is 30.5 Å². The third-order valence-electron chi connectivity index (χ3n) is 3.73. The van der Waals surface area contributed by atoms with Crippen LogP contribution < -0.4 is 10.6 Å². The van der Waals surface area contributed by atoms with Gasteiger partial charge in [0.15, 0.2) is 11.7 Å². The number of rotatable bonds is 5. The summed E-state index contributed by atoms with van der Waals surface area (Å²) in [6, 6.07) is 10.1. The number of aromatic amines is 1. The number of hydrogen-bond donors (Lipinski definition) is 3. The second-order valence-electron chi connectivity index (χ2n) is 5.61. The van der Waals surface area contributed by atoms with Crippen molar-refractivity contribution in [2.24, 2.45) is 4.99 Å². The molecular formula is C17H18F3N5S. The second-order valence-corrected chi connectivity index (χ2v) is 6.55. The maximum absolute atomic E-state index is 12.5. The lowest BCUT2D eigenvalue weighted by molar-refractivity contribution is -0.140. The zero-order chi connectivity index (χ0) is 18.6. The number of aromatic nitrogens is 2. The molecule has 26 heavy (non-hydrogen) atoms. The van der Waals surface area contributed by atoms with E-state index in [1.165, 1.54) is 0 Å². The molecule has 0 aliphatic rings. The van der Waals surface area contributed by atoms with E-state index in [9.17, 15) is 13.2 Å². The van der Waals surface area contributed by atoms with Crippen LogP contribution in [0.5, 0.6) is 0 Å². The molecule has 0 fully saturated rings. The summed E-state index contributed by atoms with van der Waals surface area (Å²) in [5.74, 6) is 0.580. The Morgan fingerprint density at radius 3 is 2.77 bits per heavy atom. The number of thiazole rings is 1. The summed E-state index contributed by atoms with van der Waals surface area (Å²) < 4.78 is 37.6. The van der Waals surface area contributed by atoms with Gasteiger partial charge < -0.3 is 15.6 Å². The summed E-state index contributed by atoms with van der Waals surface area (Å²) in [6.45, 7) is 1.00. The van der Waals surface area contributed by atoms with Gasteiger partial charge in [-0.15, -0.1) is 11.3 Å². The number of aliphatic imine (C=N–C) groups is 1. The molecule has 0 bridgehead atoms. The molecule has 1 aromatic carbocycles. The van der Waals surface area contributed by atoms with Crippen LogP contribution in [0.1, 0.15) is 16.4 Å². The fourth-order valence-electron chi connectivity index (χ4n) is 2.47. The minimum Gasteiger partial charge on any atom is -0.357 e. The number of benzene rings is 1. The van der Waals surface area contributed by atoms with E-state index in [0.717, 1.165) is 33.3 Å². The van der Waals surface area contributed by atoms with Crippen LogP contribution in [0.15, 0.2) is 40.7 Å². The Labute approximate surface area is 152 Å². The van der Waals surface area contributed by atoms with Gasteiger partial charge in [-0.3, -0.25) is 4.99 Å². The summed E-state index contributed by atoms with van der Waals surface area (Å²) >= 11 is 1.01. The Morgan fingerprint density at radius 2 is 2.08 bits per heavy atom. The zero-order valence-corrected chi connectivity index (χ0v) is 14.8. The van der Waals surface area contributed by atoms with E-state index in [1.807, 2.05) is 24.3 Å². The molecule has 3 rings (SSSR count). The van der Waals surface area contributed by atoms with E-state index in [2.05, 4.69) is 31.7 Å². The maximum Gasteiger partial charge on any atom is 0.434 e. The van der Waals surface area contributed by atoms with Crippen LogP contribution in [0, 0.1) is 0 Å². The maximum atomic E-state index is 12.5. The molecule has 0 unspecified atom stereocenters. The fourth-order valence-corrected chi connectivity index (χ4v) is 3.28. The summed E-state index contributed by atoms with van der Waals surface area (Å²) in [5.41, 5.74) is 1.25. The Balaban J connectivity index is 1.48. The van der Waals surface area contributed by atoms with Crippen molar-refractivity contribution in [2.45, 2.75) is 19.1 Å². The van der Waals surface area contributed by atoms with Crippen molar-refractivity contribution in [2.75, 3.05) is 13.6 Å². The monoisotopic (exact) mass is 381 g/mol. The van der Waals surface area contributed by atoms with Crippen molar-refractivity contribution in [1.29, 1.82) is 0 Å². The van der Waals surface area contributed by atoms with Crippen LogP contribution in [0.3, 0.4) is 0 Å². The molecule has 0 spiro atoms. The van der Waals surface area contributed by atoms with Gasteiger partial charge in [-0.05, 0) is 17.5 Å². The quantitative estimate of drug-likeness (QED) is 0.468. The van der Waals surface area contributed by atoms with Gasteiger partial charge in [-0.1, -0.05) is 18.2 Å². The Morgan fingerprint density at radius 1 is 1.27 bits per heavy atom. The third kappa shape index (κ3) is 4.54. The van der Waals surface area contributed by atoms with Gasteiger partial charge in [-0.2, -0.15) is 13.2 Å². The Hall–Kier alpha value is -2.55. The number of guanidine groups is 1. The number of halogens is 3. The fraction of sp³-hybridized carbons (Fsp3) is 0.294. The van der Waals surface area contributed by atoms with Crippen molar-refractivity contribution in [3.8, 4) is 0 Å². The van der Waals surface area contributed by atoms with Gasteiger partial charge >= 0.3 is 6.18 Å². The normalized spacial score (nSPS) is 12.5. The van der Waals surface area contributed by atoms with Gasteiger partial charge in [0.2, 0.25) is 0 Å². The van der Waals surface area contributed by atoms with E-state index in [-0.39, 0.29) is 0 Å². The zero-order valence-electron chi connectivity index (χ0n) is 14.0. The molecule has 0 aliphatic carbocycles. The number of nitrogens with zero attached hydrogens (tertiary/aromatic N) is 2. The molecule has 0 aliphatic heterocycles. The van der Waals surface area contributed by atoms with Gasteiger partial charge in [0.05, 0.1) is 11.6 Å². The lowest BCUT2D eigenvalue weighted by atomic mass is 10.2. The number of para-hydroxylation sites is 1. The number of nitrogens with one attached hydrogen (secondary N) is 3. The summed E-state index contributed by atoms with van der Waals surface area (Å²) in [7, 11) is 1.64. The lowest BCUT2D eigenvalue weighted by Crippen LogP contribution is -2.37. The molecule has 0 atom stereocenters. The van der Waals surface area contributed by atoms with Gasteiger partial charge in [-0.25, -0.2) is 4.98 Å². The van der Waals surface area contributed by atoms with E-state index < -0.39 is 11.9 Å². The second kappa shape index (κ2) is 7.77. The van der Waals surface area contributed by atoms with Gasteiger partial charge in [0.25, 0.3) is 0 Å². The molecule has 0 saturated heterocycles. The van der Waals surface area contributed by atoms with Crippen LogP contribution in [0.4, 0.5) is 13.2 Å². The van der Waals surface area contributed by atoms with Crippen molar-refractivity contribution in [3.05, 3.63) is 52.1 Å². The minimum absolute atomic E-state index is 0.397. The highest BCUT2D eigenvalue weighted by atomic mass is 32.1. The Kier molecular flexibility index (Phi) is 5.46. The van der Waals surface area contributed by atoms with Crippen molar-refractivity contribution >= 4 is 28.2 Å².